The number of benzene rings is 1. The van der Waals surface area contributed by atoms with Crippen LogP contribution in [0, 0.1) is 0 Å². The van der Waals surface area contributed by atoms with E-state index in [1.807, 2.05) is 29.8 Å². The van der Waals surface area contributed by atoms with Crippen molar-refractivity contribution < 1.29 is 5.11 Å². The maximum Gasteiger partial charge on any atom is 0.126 e. The lowest BCUT2D eigenvalue weighted by Gasteiger charge is -2.16. The number of hydrogen-bond acceptors (Lipinski definition) is 3. The molecule has 0 fully saturated rings. The molecule has 0 amide bonds. The van der Waals surface area contributed by atoms with E-state index in [2.05, 4.69) is 24.1 Å². The van der Waals surface area contributed by atoms with Crippen molar-refractivity contribution in [3.05, 3.63) is 29.0 Å². The number of aliphatic hydroxyl groups excluding tert-OH is 1. The summed E-state index contributed by atoms with van der Waals surface area (Å²) in [6, 6.07) is 5.79. The van der Waals surface area contributed by atoms with E-state index >= 15 is 0 Å². The van der Waals surface area contributed by atoms with Gasteiger partial charge in [0.2, 0.25) is 0 Å². The molecule has 0 radical (unpaired) electrons. The first-order valence-electron chi connectivity index (χ1n) is 7.06. The number of nitrogens with zero attached hydrogens (tertiary/aromatic N) is 2. The molecule has 0 spiro atoms. The number of aryl methyl sites for hydroxylation is 1. The minimum Gasteiger partial charge on any atom is -0.392 e. The van der Waals surface area contributed by atoms with Gasteiger partial charge in [-0.1, -0.05) is 24.9 Å². The lowest BCUT2D eigenvalue weighted by molar-refractivity contribution is 0.156. The molecule has 0 bridgehead atoms. The van der Waals surface area contributed by atoms with E-state index < -0.39 is 0 Å². The molecule has 2 atom stereocenters. The fourth-order valence-corrected chi connectivity index (χ4v) is 2.57. The lowest BCUT2D eigenvalue weighted by atomic mass is 10.2. The van der Waals surface area contributed by atoms with E-state index in [0.717, 1.165) is 29.7 Å². The van der Waals surface area contributed by atoms with Crippen LogP contribution in [0.3, 0.4) is 0 Å². The summed E-state index contributed by atoms with van der Waals surface area (Å²) in [7, 11) is 1.99. The van der Waals surface area contributed by atoms with Gasteiger partial charge in [-0.05, 0) is 31.5 Å². The van der Waals surface area contributed by atoms with Crippen molar-refractivity contribution in [3.8, 4) is 0 Å². The summed E-state index contributed by atoms with van der Waals surface area (Å²) in [5.74, 6) is 0.950. The summed E-state index contributed by atoms with van der Waals surface area (Å²) in [6.45, 7) is 4.71. The molecule has 2 unspecified atom stereocenters. The van der Waals surface area contributed by atoms with E-state index in [-0.39, 0.29) is 12.1 Å². The van der Waals surface area contributed by atoms with Crippen molar-refractivity contribution in [2.24, 2.45) is 7.05 Å². The smallest absolute Gasteiger partial charge is 0.126 e. The summed E-state index contributed by atoms with van der Waals surface area (Å²) in [6.07, 6.45) is 1.51. The Morgan fingerprint density at radius 2 is 2.20 bits per heavy atom. The Balaban J connectivity index is 2.14. The van der Waals surface area contributed by atoms with Crippen LogP contribution in [-0.2, 0) is 7.05 Å². The molecular weight excluding hydrogens is 274 g/mol. The first-order valence-corrected chi connectivity index (χ1v) is 7.44. The Morgan fingerprint density at radius 1 is 1.45 bits per heavy atom. The molecular formula is C15H22ClN3O. The van der Waals surface area contributed by atoms with Crippen LogP contribution >= 0.6 is 11.6 Å². The Morgan fingerprint density at radius 3 is 2.90 bits per heavy atom. The van der Waals surface area contributed by atoms with Crippen LogP contribution in [-0.4, -0.2) is 27.3 Å². The third kappa shape index (κ3) is 3.32. The van der Waals surface area contributed by atoms with E-state index in [9.17, 15) is 5.11 Å². The Hall–Kier alpha value is -1.10. The van der Waals surface area contributed by atoms with Gasteiger partial charge in [0.25, 0.3) is 0 Å². The van der Waals surface area contributed by atoms with Gasteiger partial charge in [0.1, 0.15) is 5.82 Å². The number of aromatic nitrogens is 2. The molecule has 2 aromatic rings. The van der Waals surface area contributed by atoms with Crippen molar-refractivity contribution in [2.45, 2.75) is 38.8 Å². The minimum atomic E-state index is -0.299. The van der Waals surface area contributed by atoms with Gasteiger partial charge in [-0.25, -0.2) is 4.98 Å². The average Bonchev–Trinajstić information content (AvgIpc) is 2.74. The fraction of sp³-hybridized carbons (Fsp3) is 0.533. The van der Waals surface area contributed by atoms with Gasteiger partial charge in [0.05, 0.1) is 23.2 Å². The molecule has 20 heavy (non-hydrogen) atoms. The Bertz CT molecular complexity index is 582. The van der Waals surface area contributed by atoms with Crippen LogP contribution in [0.2, 0.25) is 5.02 Å². The topological polar surface area (TPSA) is 50.1 Å². The number of imidazole rings is 1. The predicted octanol–water partition coefficient (Wildman–Crippen LogP) is 3.04. The number of halogens is 1. The normalized spacial score (nSPS) is 14.7. The number of rotatable bonds is 6. The standard InChI is InChI=1S/C15H22ClN3O/c1-4-5-12(20)9-17-10(2)15-18-13-7-6-11(16)8-14(13)19(15)3/h6-8,10,12,17,20H,4-5,9H2,1-3H3. The van der Waals surface area contributed by atoms with Crippen molar-refractivity contribution in [1.82, 2.24) is 14.9 Å². The van der Waals surface area contributed by atoms with Crippen LogP contribution < -0.4 is 5.32 Å². The molecule has 1 heterocycles. The summed E-state index contributed by atoms with van der Waals surface area (Å²) in [4.78, 5) is 4.64. The van der Waals surface area contributed by atoms with E-state index in [4.69, 9.17) is 11.6 Å². The second kappa shape index (κ2) is 6.57. The highest BCUT2D eigenvalue weighted by molar-refractivity contribution is 6.31. The predicted molar refractivity (Wildman–Crippen MR) is 83.1 cm³/mol. The summed E-state index contributed by atoms with van der Waals surface area (Å²) in [5, 5.41) is 13.8. The fourth-order valence-electron chi connectivity index (χ4n) is 2.41. The summed E-state index contributed by atoms with van der Waals surface area (Å²) >= 11 is 6.03. The largest absolute Gasteiger partial charge is 0.392 e. The molecule has 2 rings (SSSR count). The maximum atomic E-state index is 9.78. The highest BCUT2D eigenvalue weighted by atomic mass is 35.5. The highest BCUT2D eigenvalue weighted by Crippen LogP contribution is 2.22. The van der Waals surface area contributed by atoms with Crippen molar-refractivity contribution in [3.63, 3.8) is 0 Å². The molecule has 0 aliphatic carbocycles. The second-order valence-electron chi connectivity index (χ2n) is 5.23. The molecule has 0 saturated carbocycles. The van der Waals surface area contributed by atoms with Gasteiger partial charge in [0, 0.05) is 18.6 Å². The molecule has 1 aromatic carbocycles. The third-order valence-corrected chi connectivity index (χ3v) is 3.78. The van der Waals surface area contributed by atoms with E-state index in [1.54, 1.807) is 0 Å². The molecule has 0 aliphatic rings. The quantitative estimate of drug-likeness (QED) is 0.861. The van der Waals surface area contributed by atoms with Gasteiger partial charge in [-0.3, -0.25) is 0 Å². The molecule has 4 nitrogen and oxygen atoms in total. The molecule has 110 valence electrons. The minimum absolute atomic E-state index is 0.0812. The number of nitrogens with one attached hydrogen (secondary N) is 1. The highest BCUT2D eigenvalue weighted by Gasteiger charge is 2.15. The summed E-state index contributed by atoms with van der Waals surface area (Å²) < 4.78 is 2.05. The number of hydrogen-bond donors (Lipinski definition) is 2. The van der Waals surface area contributed by atoms with Crippen LogP contribution in [0.25, 0.3) is 11.0 Å². The van der Waals surface area contributed by atoms with Gasteiger partial charge < -0.3 is 15.0 Å². The maximum absolute atomic E-state index is 9.78. The summed E-state index contributed by atoms with van der Waals surface area (Å²) in [5.41, 5.74) is 1.96. The zero-order chi connectivity index (χ0) is 14.7. The first kappa shape index (κ1) is 15.3. The third-order valence-electron chi connectivity index (χ3n) is 3.55. The SMILES string of the molecule is CCCC(O)CNC(C)c1nc2ccc(Cl)cc2n1C. The van der Waals surface area contributed by atoms with Crippen molar-refractivity contribution in [1.29, 1.82) is 0 Å². The Labute approximate surface area is 124 Å². The van der Waals surface area contributed by atoms with Crippen LogP contribution in [0.15, 0.2) is 18.2 Å². The van der Waals surface area contributed by atoms with Crippen LogP contribution in [0.4, 0.5) is 0 Å². The van der Waals surface area contributed by atoms with Crippen molar-refractivity contribution in [2.75, 3.05) is 6.54 Å². The van der Waals surface area contributed by atoms with Crippen molar-refractivity contribution >= 4 is 22.6 Å². The lowest BCUT2D eigenvalue weighted by Crippen LogP contribution is -2.30. The molecule has 1 aromatic heterocycles. The molecule has 0 saturated heterocycles. The second-order valence-corrected chi connectivity index (χ2v) is 5.67. The zero-order valence-corrected chi connectivity index (χ0v) is 13.0. The van der Waals surface area contributed by atoms with Gasteiger partial charge in [-0.15, -0.1) is 0 Å². The average molecular weight is 296 g/mol. The molecule has 0 aliphatic heterocycles. The zero-order valence-electron chi connectivity index (χ0n) is 12.2. The Kier molecular flexibility index (Phi) is 5.02. The van der Waals surface area contributed by atoms with Crippen LogP contribution in [0.5, 0.6) is 0 Å². The van der Waals surface area contributed by atoms with Crippen LogP contribution in [0.1, 0.15) is 38.6 Å². The molecule has 2 N–H and O–H groups in total. The van der Waals surface area contributed by atoms with Gasteiger partial charge >= 0.3 is 0 Å². The van der Waals surface area contributed by atoms with Gasteiger partial charge in [0.15, 0.2) is 0 Å². The van der Waals surface area contributed by atoms with E-state index in [1.165, 1.54) is 0 Å². The number of aliphatic hydroxyl groups is 1. The van der Waals surface area contributed by atoms with E-state index in [0.29, 0.717) is 11.6 Å². The first-order chi connectivity index (χ1) is 9.52. The molecule has 5 heteroatoms. The van der Waals surface area contributed by atoms with Gasteiger partial charge in [-0.2, -0.15) is 0 Å². The monoisotopic (exact) mass is 295 g/mol. The number of fused-ring (bicyclic) bond motifs is 1.